The average molecular weight is 353 g/mol. The number of fused-ring (bicyclic) bond motifs is 2. The molecule has 0 aromatic heterocycles. The van der Waals surface area contributed by atoms with E-state index in [0.717, 1.165) is 32.5 Å². The van der Waals surface area contributed by atoms with Crippen LogP contribution in [0, 0.1) is 12.8 Å². The van der Waals surface area contributed by atoms with Crippen molar-refractivity contribution in [3.8, 4) is 0 Å². The van der Waals surface area contributed by atoms with Gasteiger partial charge in [-0.3, -0.25) is 0 Å². The molecule has 1 saturated heterocycles. The van der Waals surface area contributed by atoms with Crippen LogP contribution in [0.25, 0.3) is 0 Å². The van der Waals surface area contributed by atoms with Crippen LogP contribution >= 0.6 is 0 Å². The van der Waals surface area contributed by atoms with E-state index in [1.165, 1.54) is 16.8 Å². The Labute approximate surface area is 155 Å². The van der Waals surface area contributed by atoms with Gasteiger partial charge >= 0.3 is 5.97 Å². The van der Waals surface area contributed by atoms with Crippen LogP contribution < -0.4 is 4.90 Å². The van der Waals surface area contributed by atoms with Gasteiger partial charge in [0.2, 0.25) is 0 Å². The number of nitrogens with zero attached hydrogens (tertiary/aromatic N) is 1. The molecule has 0 spiro atoms. The molecule has 1 aliphatic carbocycles. The molecule has 1 aromatic rings. The fourth-order valence-corrected chi connectivity index (χ4v) is 4.56. The Balaban J connectivity index is 1.79. The van der Waals surface area contributed by atoms with Gasteiger partial charge in [-0.15, -0.1) is 0 Å². The van der Waals surface area contributed by atoms with Crippen LogP contribution in [-0.2, 0) is 15.9 Å². The molecule has 2 unspecified atom stereocenters. The molecular formula is C22H27NO3. The second kappa shape index (κ2) is 7.28. The summed E-state index contributed by atoms with van der Waals surface area (Å²) in [5.41, 5.74) is 4.42. The van der Waals surface area contributed by atoms with Crippen LogP contribution in [0.15, 0.2) is 36.4 Å². The van der Waals surface area contributed by atoms with E-state index in [2.05, 4.69) is 42.2 Å². The fourth-order valence-electron chi connectivity index (χ4n) is 4.56. The number of allylic oxidation sites excluding steroid dienone is 2. The lowest BCUT2D eigenvalue weighted by atomic mass is 9.79. The van der Waals surface area contributed by atoms with Crippen molar-refractivity contribution in [1.29, 1.82) is 0 Å². The van der Waals surface area contributed by atoms with Crippen molar-refractivity contribution in [1.82, 2.24) is 0 Å². The highest BCUT2D eigenvalue weighted by molar-refractivity contribution is 5.91. The van der Waals surface area contributed by atoms with Gasteiger partial charge in [0.1, 0.15) is 0 Å². The molecule has 2 heterocycles. The minimum absolute atomic E-state index is 0.230. The van der Waals surface area contributed by atoms with Gasteiger partial charge in [-0.05, 0) is 56.4 Å². The van der Waals surface area contributed by atoms with E-state index in [1.54, 1.807) is 0 Å². The molecule has 0 bridgehead atoms. The number of hydrogen-bond acceptors (Lipinski definition) is 4. The normalized spacial score (nSPS) is 24.9. The van der Waals surface area contributed by atoms with Crippen molar-refractivity contribution >= 4 is 11.7 Å². The van der Waals surface area contributed by atoms with Gasteiger partial charge in [0, 0.05) is 30.9 Å². The van der Waals surface area contributed by atoms with E-state index in [9.17, 15) is 4.79 Å². The molecular weight excluding hydrogens is 326 g/mol. The highest BCUT2D eigenvalue weighted by Crippen LogP contribution is 2.41. The second-order valence-electron chi connectivity index (χ2n) is 7.39. The number of carbonyl (C=O) groups is 1. The molecule has 0 saturated carbocycles. The number of rotatable bonds is 3. The smallest absolute Gasteiger partial charge is 0.338 e. The van der Waals surface area contributed by atoms with Crippen LogP contribution in [0.4, 0.5) is 5.69 Å². The monoisotopic (exact) mass is 353 g/mol. The molecule has 1 fully saturated rings. The predicted octanol–water partition coefficient (Wildman–Crippen LogP) is 3.82. The molecule has 0 amide bonds. The number of ether oxygens (including phenoxy) is 2. The van der Waals surface area contributed by atoms with Gasteiger partial charge < -0.3 is 14.4 Å². The van der Waals surface area contributed by atoms with Crippen molar-refractivity contribution in [2.45, 2.75) is 45.2 Å². The largest absolute Gasteiger partial charge is 0.462 e. The summed E-state index contributed by atoms with van der Waals surface area (Å²) in [5, 5.41) is 0. The van der Waals surface area contributed by atoms with Gasteiger partial charge in [-0.2, -0.15) is 0 Å². The summed E-state index contributed by atoms with van der Waals surface area (Å²) in [6, 6.07) is 4.84. The maximum atomic E-state index is 12.4. The van der Waals surface area contributed by atoms with Crippen molar-refractivity contribution in [3.05, 3.63) is 53.1 Å². The molecule has 4 heteroatoms. The lowest BCUT2D eigenvalue weighted by Crippen LogP contribution is -2.51. The maximum absolute atomic E-state index is 12.4. The molecule has 4 rings (SSSR count). The standard InChI is InChI=1S/C22H27NO3/c1-3-26-22(24)17-12-15(2)19-13-16-6-4-5-7-20(16)23(21(19)14-17)18-8-10-25-11-9-18/h4-7,12,14,16,18,20H,3,8-11,13H2,1-2H3. The zero-order chi connectivity index (χ0) is 18.1. The number of benzene rings is 1. The van der Waals surface area contributed by atoms with Crippen LogP contribution in [0.1, 0.15) is 41.3 Å². The Morgan fingerprint density at radius 2 is 2.00 bits per heavy atom. The zero-order valence-corrected chi connectivity index (χ0v) is 15.6. The summed E-state index contributed by atoms with van der Waals surface area (Å²) in [6.07, 6.45) is 12.0. The Morgan fingerprint density at radius 1 is 1.23 bits per heavy atom. The second-order valence-corrected chi connectivity index (χ2v) is 7.39. The summed E-state index contributed by atoms with van der Waals surface area (Å²) in [7, 11) is 0. The van der Waals surface area contributed by atoms with Gasteiger partial charge in [0.05, 0.1) is 18.2 Å². The minimum Gasteiger partial charge on any atom is -0.462 e. The maximum Gasteiger partial charge on any atom is 0.338 e. The highest BCUT2D eigenvalue weighted by Gasteiger charge is 2.38. The van der Waals surface area contributed by atoms with E-state index in [1.807, 2.05) is 13.0 Å². The molecule has 3 aliphatic rings. The van der Waals surface area contributed by atoms with Crippen molar-refractivity contribution in [2.24, 2.45) is 5.92 Å². The van der Waals surface area contributed by atoms with Gasteiger partial charge in [0.25, 0.3) is 0 Å². The molecule has 2 aliphatic heterocycles. The molecule has 0 radical (unpaired) electrons. The quantitative estimate of drug-likeness (QED) is 0.775. The molecule has 4 nitrogen and oxygen atoms in total. The van der Waals surface area contributed by atoms with E-state index in [4.69, 9.17) is 9.47 Å². The summed E-state index contributed by atoms with van der Waals surface area (Å²) in [6.45, 7) is 5.98. The first-order valence-corrected chi connectivity index (χ1v) is 9.70. The zero-order valence-electron chi connectivity index (χ0n) is 15.6. The summed E-state index contributed by atoms with van der Waals surface area (Å²) in [4.78, 5) is 14.9. The highest BCUT2D eigenvalue weighted by atomic mass is 16.5. The van der Waals surface area contributed by atoms with Gasteiger partial charge in [0.15, 0.2) is 0 Å². The summed E-state index contributed by atoms with van der Waals surface area (Å²) >= 11 is 0. The third-order valence-corrected chi connectivity index (χ3v) is 5.80. The fraction of sp³-hybridized carbons (Fsp3) is 0.500. The minimum atomic E-state index is -0.230. The lowest BCUT2D eigenvalue weighted by molar-refractivity contribution is 0.0526. The number of hydrogen-bond donors (Lipinski definition) is 0. The molecule has 1 aromatic carbocycles. The Morgan fingerprint density at radius 3 is 2.77 bits per heavy atom. The molecule has 2 atom stereocenters. The van der Waals surface area contributed by atoms with E-state index >= 15 is 0 Å². The predicted molar refractivity (Wildman–Crippen MR) is 103 cm³/mol. The first-order chi connectivity index (χ1) is 12.7. The Hall–Kier alpha value is -2.07. The topological polar surface area (TPSA) is 38.8 Å². The van der Waals surface area contributed by atoms with Crippen LogP contribution in [0.5, 0.6) is 0 Å². The third-order valence-electron chi connectivity index (χ3n) is 5.80. The number of carbonyl (C=O) groups excluding carboxylic acids is 1. The van der Waals surface area contributed by atoms with Crippen molar-refractivity contribution < 1.29 is 14.3 Å². The van der Waals surface area contributed by atoms with Gasteiger partial charge in [-0.1, -0.05) is 24.3 Å². The summed E-state index contributed by atoms with van der Waals surface area (Å²) < 4.78 is 10.9. The molecule has 138 valence electrons. The number of esters is 1. The Bertz CT molecular complexity index is 746. The van der Waals surface area contributed by atoms with Crippen LogP contribution in [0.2, 0.25) is 0 Å². The molecule has 0 N–H and O–H groups in total. The lowest BCUT2D eigenvalue weighted by Gasteiger charge is -2.48. The van der Waals surface area contributed by atoms with Gasteiger partial charge in [-0.25, -0.2) is 4.79 Å². The van der Waals surface area contributed by atoms with Crippen molar-refractivity contribution in [3.63, 3.8) is 0 Å². The van der Waals surface area contributed by atoms with E-state index < -0.39 is 0 Å². The van der Waals surface area contributed by atoms with Crippen molar-refractivity contribution in [2.75, 3.05) is 24.7 Å². The average Bonchev–Trinajstić information content (AvgIpc) is 2.67. The van der Waals surface area contributed by atoms with Crippen LogP contribution in [0.3, 0.4) is 0 Å². The SMILES string of the molecule is CCOC(=O)c1cc(C)c2c(c1)N(C1CCOCC1)C1C=CC=CC1C2. The first kappa shape index (κ1) is 17.3. The summed E-state index contributed by atoms with van der Waals surface area (Å²) in [5.74, 6) is 0.258. The molecule has 26 heavy (non-hydrogen) atoms. The van der Waals surface area contributed by atoms with E-state index in [-0.39, 0.29) is 5.97 Å². The number of aryl methyl sites for hydroxylation is 1. The van der Waals surface area contributed by atoms with Crippen LogP contribution in [-0.4, -0.2) is 37.9 Å². The first-order valence-electron chi connectivity index (χ1n) is 9.70. The Kier molecular flexibility index (Phi) is 4.86. The number of anilines is 1. The van der Waals surface area contributed by atoms with E-state index in [0.29, 0.717) is 30.2 Å². The third kappa shape index (κ3) is 3.07.